The highest BCUT2D eigenvalue weighted by molar-refractivity contribution is 5.40. The Bertz CT molecular complexity index is 543. The van der Waals surface area contributed by atoms with Crippen molar-refractivity contribution >= 4 is 0 Å². The van der Waals surface area contributed by atoms with E-state index in [9.17, 15) is 0 Å². The molecule has 0 amide bonds. The number of benzene rings is 1. The van der Waals surface area contributed by atoms with Gasteiger partial charge in [0.2, 0.25) is 0 Å². The Morgan fingerprint density at radius 1 is 1.20 bits per heavy atom. The second-order valence-corrected chi connectivity index (χ2v) is 4.57. The molecule has 0 spiro atoms. The van der Waals surface area contributed by atoms with Crippen LogP contribution >= 0.6 is 0 Å². The number of rotatable bonds is 6. The first kappa shape index (κ1) is 14.3. The Morgan fingerprint density at radius 2 is 2.05 bits per heavy atom. The molecule has 2 aromatic rings. The molecule has 1 heterocycles. The van der Waals surface area contributed by atoms with Crippen molar-refractivity contribution in [2.75, 3.05) is 14.2 Å². The molecular weight excluding hydrogens is 252 g/mol. The number of nitrogens with one attached hydrogen (secondary N) is 1. The van der Waals surface area contributed by atoms with Crippen molar-refractivity contribution < 1.29 is 9.47 Å². The van der Waals surface area contributed by atoms with Crippen molar-refractivity contribution in [3.05, 3.63) is 53.9 Å². The van der Waals surface area contributed by atoms with Crippen LogP contribution in [0.4, 0.5) is 0 Å². The molecule has 20 heavy (non-hydrogen) atoms. The molecule has 1 aromatic heterocycles. The molecule has 2 rings (SSSR count). The SMILES string of the molecule is COc1ccc(CNC(C)c2cccnc2)c(OC)c1. The lowest BCUT2D eigenvalue weighted by atomic mass is 10.1. The molecule has 0 radical (unpaired) electrons. The van der Waals surface area contributed by atoms with Crippen LogP contribution in [0.1, 0.15) is 24.1 Å². The lowest BCUT2D eigenvalue weighted by molar-refractivity contribution is 0.389. The Labute approximate surface area is 119 Å². The molecule has 0 aliphatic carbocycles. The van der Waals surface area contributed by atoms with Gasteiger partial charge in [0.05, 0.1) is 14.2 Å². The third-order valence-corrected chi connectivity index (χ3v) is 3.28. The topological polar surface area (TPSA) is 43.4 Å². The fourth-order valence-corrected chi connectivity index (χ4v) is 2.01. The number of ether oxygens (including phenoxy) is 2. The molecule has 0 saturated carbocycles. The van der Waals surface area contributed by atoms with Gasteiger partial charge in [-0.05, 0) is 24.6 Å². The van der Waals surface area contributed by atoms with Crippen LogP contribution in [-0.2, 0) is 6.54 Å². The van der Waals surface area contributed by atoms with Gasteiger partial charge in [0.15, 0.2) is 0 Å². The summed E-state index contributed by atoms with van der Waals surface area (Å²) in [6.45, 7) is 2.84. The summed E-state index contributed by atoms with van der Waals surface area (Å²) in [5.41, 5.74) is 2.27. The molecule has 1 atom stereocenters. The van der Waals surface area contributed by atoms with Gasteiger partial charge >= 0.3 is 0 Å². The van der Waals surface area contributed by atoms with Crippen LogP contribution in [0.3, 0.4) is 0 Å². The molecular formula is C16H20N2O2. The van der Waals surface area contributed by atoms with Crippen molar-refractivity contribution in [3.63, 3.8) is 0 Å². The van der Waals surface area contributed by atoms with E-state index in [0.29, 0.717) is 0 Å². The maximum absolute atomic E-state index is 5.39. The molecule has 0 bridgehead atoms. The molecule has 106 valence electrons. The summed E-state index contributed by atoms with van der Waals surface area (Å²) in [6, 6.07) is 10.1. The summed E-state index contributed by atoms with van der Waals surface area (Å²) in [6.07, 6.45) is 3.66. The third-order valence-electron chi connectivity index (χ3n) is 3.28. The van der Waals surface area contributed by atoms with Gasteiger partial charge in [-0.3, -0.25) is 4.98 Å². The predicted molar refractivity (Wildman–Crippen MR) is 79.0 cm³/mol. The number of methoxy groups -OCH3 is 2. The zero-order chi connectivity index (χ0) is 14.4. The second-order valence-electron chi connectivity index (χ2n) is 4.57. The van der Waals surface area contributed by atoms with Gasteiger partial charge in [-0.15, -0.1) is 0 Å². The van der Waals surface area contributed by atoms with Gasteiger partial charge in [-0.25, -0.2) is 0 Å². The number of hydrogen-bond donors (Lipinski definition) is 1. The maximum Gasteiger partial charge on any atom is 0.127 e. The quantitative estimate of drug-likeness (QED) is 0.878. The molecule has 0 aliphatic rings. The standard InChI is InChI=1S/C16H20N2O2/c1-12(13-5-4-8-17-10-13)18-11-14-6-7-15(19-2)9-16(14)20-3/h4-10,12,18H,11H2,1-3H3. The lowest BCUT2D eigenvalue weighted by Gasteiger charge is -2.16. The fraction of sp³-hybridized carbons (Fsp3) is 0.312. The minimum Gasteiger partial charge on any atom is -0.497 e. The largest absolute Gasteiger partial charge is 0.497 e. The van der Waals surface area contributed by atoms with Gasteiger partial charge in [-0.1, -0.05) is 12.1 Å². The highest BCUT2D eigenvalue weighted by Crippen LogP contribution is 2.25. The molecule has 1 N–H and O–H groups in total. The highest BCUT2D eigenvalue weighted by Gasteiger charge is 2.08. The molecule has 0 fully saturated rings. The van der Waals surface area contributed by atoms with Crippen LogP contribution in [0.5, 0.6) is 11.5 Å². The number of hydrogen-bond acceptors (Lipinski definition) is 4. The summed E-state index contributed by atoms with van der Waals surface area (Å²) in [5, 5.41) is 3.47. The summed E-state index contributed by atoms with van der Waals surface area (Å²) in [7, 11) is 3.32. The van der Waals surface area contributed by atoms with E-state index in [1.54, 1.807) is 20.4 Å². The van der Waals surface area contributed by atoms with Crippen molar-refractivity contribution in [3.8, 4) is 11.5 Å². The Morgan fingerprint density at radius 3 is 2.70 bits per heavy atom. The number of pyridine rings is 1. The lowest BCUT2D eigenvalue weighted by Crippen LogP contribution is -2.18. The van der Waals surface area contributed by atoms with Gasteiger partial charge in [0, 0.05) is 36.6 Å². The minimum absolute atomic E-state index is 0.232. The minimum atomic E-state index is 0.232. The Kier molecular flexibility index (Phi) is 4.96. The van der Waals surface area contributed by atoms with E-state index in [-0.39, 0.29) is 6.04 Å². The van der Waals surface area contributed by atoms with Crippen LogP contribution in [-0.4, -0.2) is 19.2 Å². The van der Waals surface area contributed by atoms with Gasteiger partial charge in [0.1, 0.15) is 11.5 Å². The molecule has 4 heteroatoms. The van der Waals surface area contributed by atoms with E-state index in [2.05, 4.69) is 23.3 Å². The third kappa shape index (κ3) is 3.48. The van der Waals surface area contributed by atoms with Crippen LogP contribution < -0.4 is 14.8 Å². The van der Waals surface area contributed by atoms with Gasteiger partial charge < -0.3 is 14.8 Å². The van der Waals surface area contributed by atoms with E-state index >= 15 is 0 Å². The monoisotopic (exact) mass is 272 g/mol. The second kappa shape index (κ2) is 6.91. The first-order valence-electron chi connectivity index (χ1n) is 6.59. The Balaban J connectivity index is 2.03. The molecule has 0 saturated heterocycles. The summed E-state index contributed by atoms with van der Waals surface area (Å²) in [5.74, 6) is 1.63. The van der Waals surface area contributed by atoms with Gasteiger partial charge in [0.25, 0.3) is 0 Å². The average molecular weight is 272 g/mol. The maximum atomic E-state index is 5.39. The number of nitrogens with zero attached hydrogens (tertiary/aromatic N) is 1. The zero-order valence-corrected chi connectivity index (χ0v) is 12.1. The molecule has 0 aliphatic heterocycles. The van der Waals surface area contributed by atoms with E-state index in [1.807, 2.05) is 30.5 Å². The van der Waals surface area contributed by atoms with Crippen molar-refractivity contribution in [2.24, 2.45) is 0 Å². The van der Waals surface area contributed by atoms with Crippen molar-refractivity contribution in [1.82, 2.24) is 10.3 Å². The smallest absolute Gasteiger partial charge is 0.127 e. The first-order valence-corrected chi connectivity index (χ1v) is 6.59. The van der Waals surface area contributed by atoms with Crippen LogP contribution in [0.25, 0.3) is 0 Å². The normalized spacial score (nSPS) is 11.9. The molecule has 1 unspecified atom stereocenters. The van der Waals surface area contributed by atoms with Crippen molar-refractivity contribution in [2.45, 2.75) is 19.5 Å². The average Bonchev–Trinajstić information content (AvgIpc) is 2.53. The fourth-order valence-electron chi connectivity index (χ4n) is 2.01. The van der Waals surface area contributed by atoms with Crippen molar-refractivity contribution in [1.29, 1.82) is 0 Å². The van der Waals surface area contributed by atoms with E-state index in [0.717, 1.165) is 23.6 Å². The van der Waals surface area contributed by atoms with E-state index in [4.69, 9.17) is 9.47 Å². The van der Waals surface area contributed by atoms with Crippen LogP contribution in [0.2, 0.25) is 0 Å². The molecule has 1 aromatic carbocycles. The van der Waals surface area contributed by atoms with E-state index < -0.39 is 0 Å². The highest BCUT2D eigenvalue weighted by atomic mass is 16.5. The predicted octanol–water partition coefficient (Wildman–Crippen LogP) is 2.95. The Hall–Kier alpha value is -2.07. The summed E-state index contributed by atoms with van der Waals surface area (Å²) < 4.78 is 10.6. The van der Waals surface area contributed by atoms with Crippen LogP contribution in [0, 0.1) is 0 Å². The van der Waals surface area contributed by atoms with Crippen LogP contribution in [0.15, 0.2) is 42.7 Å². The van der Waals surface area contributed by atoms with E-state index in [1.165, 1.54) is 5.56 Å². The summed E-state index contributed by atoms with van der Waals surface area (Å²) in [4.78, 5) is 4.14. The molecule has 4 nitrogen and oxygen atoms in total. The summed E-state index contributed by atoms with van der Waals surface area (Å²) >= 11 is 0. The first-order chi connectivity index (χ1) is 9.74. The van der Waals surface area contributed by atoms with Gasteiger partial charge in [-0.2, -0.15) is 0 Å². The zero-order valence-electron chi connectivity index (χ0n) is 12.1. The number of aromatic nitrogens is 1.